The fraction of sp³-hybridized carbons (Fsp3) is 0.438. The SMILES string of the molecule is CC(C)OC1CCCc2nc(Nc3cccc(I)c3)sc21. The molecule has 0 saturated carbocycles. The number of ether oxygens (including phenoxy) is 1. The van der Waals surface area contributed by atoms with Crippen molar-refractivity contribution in [3.8, 4) is 0 Å². The van der Waals surface area contributed by atoms with Gasteiger partial charge in [-0.15, -0.1) is 0 Å². The average Bonchev–Trinajstić information content (AvgIpc) is 2.81. The Bertz CT molecular complexity index is 626. The van der Waals surface area contributed by atoms with Crippen molar-refractivity contribution in [2.45, 2.75) is 45.3 Å². The molecule has 0 radical (unpaired) electrons. The summed E-state index contributed by atoms with van der Waals surface area (Å²) in [6, 6.07) is 8.35. The second-order valence-corrected chi connectivity index (χ2v) is 7.81. The van der Waals surface area contributed by atoms with Gasteiger partial charge in [-0.25, -0.2) is 4.98 Å². The van der Waals surface area contributed by atoms with Crippen molar-refractivity contribution in [1.29, 1.82) is 0 Å². The molecule has 112 valence electrons. The van der Waals surface area contributed by atoms with Crippen LogP contribution in [0.1, 0.15) is 43.4 Å². The highest BCUT2D eigenvalue weighted by molar-refractivity contribution is 14.1. The first kappa shape index (κ1) is 15.2. The molecule has 3 nitrogen and oxygen atoms in total. The predicted octanol–water partition coefficient (Wildman–Crippen LogP) is 5.29. The Kier molecular flexibility index (Phi) is 4.81. The lowest BCUT2D eigenvalue weighted by Crippen LogP contribution is -2.14. The molecule has 5 heteroatoms. The van der Waals surface area contributed by atoms with Crippen molar-refractivity contribution in [1.82, 2.24) is 4.98 Å². The van der Waals surface area contributed by atoms with Gasteiger partial charge in [-0.1, -0.05) is 17.4 Å². The van der Waals surface area contributed by atoms with Crippen LogP contribution in [0.5, 0.6) is 0 Å². The van der Waals surface area contributed by atoms with Gasteiger partial charge < -0.3 is 10.1 Å². The van der Waals surface area contributed by atoms with Gasteiger partial charge in [-0.3, -0.25) is 0 Å². The Morgan fingerprint density at radius 2 is 2.29 bits per heavy atom. The molecule has 3 rings (SSSR count). The van der Waals surface area contributed by atoms with Crippen molar-refractivity contribution in [3.63, 3.8) is 0 Å². The van der Waals surface area contributed by atoms with E-state index in [4.69, 9.17) is 9.72 Å². The number of rotatable bonds is 4. The van der Waals surface area contributed by atoms with Gasteiger partial charge in [0.25, 0.3) is 0 Å². The largest absolute Gasteiger partial charge is 0.370 e. The zero-order valence-corrected chi connectivity index (χ0v) is 15.2. The normalized spacial score (nSPS) is 17.8. The molecule has 1 atom stereocenters. The van der Waals surface area contributed by atoms with Crippen LogP contribution in [0.2, 0.25) is 0 Å². The van der Waals surface area contributed by atoms with Crippen LogP contribution in [0.15, 0.2) is 24.3 Å². The van der Waals surface area contributed by atoms with Crippen LogP contribution in [0.3, 0.4) is 0 Å². The minimum absolute atomic E-state index is 0.220. The number of nitrogens with one attached hydrogen (secondary N) is 1. The highest BCUT2D eigenvalue weighted by atomic mass is 127. The molecule has 1 aliphatic carbocycles. The lowest BCUT2D eigenvalue weighted by molar-refractivity contribution is -0.000974. The van der Waals surface area contributed by atoms with E-state index in [0.717, 1.165) is 30.1 Å². The summed E-state index contributed by atoms with van der Waals surface area (Å²) in [4.78, 5) is 6.07. The number of aryl methyl sites for hydroxylation is 1. The number of nitrogens with zero attached hydrogens (tertiary/aromatic N) is 1. The minimum atomic E-state index is 0.220. The van der Waals surface area contributed by atoms with E-state index in [1.807, 2.05) is 0 Å². The van der Waals surface area contributed by atoms with Crippen LogP contribution in [-0.4, -0.2) is 11.1 Å². The van der Waals surface area contributed by atoms with Gasteiger partial charge in [-0.2, -0.15) is 0 Å². The number of hydrogen-bond acceptors (Lipinski definition) is 4. The lowest BCUT2D eigenvalue weighted by Gasteiger charge is -2.23. The van der Waals surface area contributed by atoms with Gasteiger partial charge in [0, 0.05) is 9.26 Å². The number of fused-ring (bicyclic) bond motifs is 1. The molecule has 0 fully saturated rings. The Morgan fingerprint density at radius 1 is 1.43 bits per heavy atom. The van der Waals surface area contributed by atoms with E-state index < -0.39 is 0 Å². The summed E-state index contributed by atoms with van der Waals surface area (Å²) in [6.07, 6.45) is 3.82. The van der Waals surface area contributed by atoms with Crippen LogP contribution in [0.4, 0.5) is 10.8 Å². The fourth-order valence-electron chi connectivity index (χ4n) is 2.58. The van der Waals surface area contributed by atoms with Gasteiger partial charge in [0.1, 0.15) is 0 Å². The van der Waals surface area contributed by atoms with Crippen molar-refractivity contribution in [3.05, 3.63) is 38.4 Å². The van der Waals surface area contributed by atoms with Gasteiger partial charge in [0.05, 0.1) is 22.8 Å². The van der Waals surface area contributed by atoms with E-state index in [1.165, 1.54) is 14.1 Å². The molecule has 0 amide bonds. The number of thiazole rings is 1. The summed E-state index contributed by atoms with van der Waals surface area (Å²) in [5.41, 5.74) is 2.30. The van der Waals surface area contributed by atoms with Gasteiger partial charge in [-0.05, 0) is 73.9 Å². The van der Waals surface area contributed by atoms with Gasteiger partial charge in [0.15, 0.2) is 5.13 Å². The summed E-state index contributed by atoms with van der Waals surface area (Å²) in [5, 5.41) is 4.40. The quantitative estimate of drug-likeness (QED) is 0.690. The van der Waals surface area contributed by atoms with E-state index in [1.54, 1.807) is 11.3 Å². The van der Waals surface area contributed by atoms with Crippen LogP contribution in [-0.2, 0) is 11.2 Å². The summed E-state index contributed by atoms with van der Waals surface area (Å²) in [5.74, 6) is 0. The summed E-state index contributed by atoms with van der Waals surface area (Å²) < 4.78 is 7.26. The second kappa shape index (κ2) is 6.62. The highest BCUT2D eigenvalue weighted by Gasteiger charge is 2.26. The van der Waals surface area contributed by atoms with Crippen molar-refractivity contribution in [2.75, 3.05) is 5.32 Å². The molecular formula is C16H19IN2OS. The standard InChI is InChI=1S/C16H19IN2OS/c1-10(2)20-14-8-4-7-13-15(14)21-16(19-13)18-12-6-3-5-11(17)9-12/h3,5-6,9-10,14H,4,7-8H2,1-2H3,(H,18,19). The third-order valence-electron chi connectivity index (χ3n) is 3.41. The molecule has 0 saturated heterocycles. The van der Waals surface area contributed by atoms with Gasteiger partial charge in [0.2, 0.25) is 0 Å². The maximum Gasteiger partial charge on any atom is 0.187 e. The average molecular weight is 414 g/mol. The van der Waals surface area contributed by atoms with E-state index in [-0.39, 0.29) is 12.2 Å². The smallest absolute Gasteiger partial charge is 0.187 e. The monoisotopic (exact) mass is 414 g/mol. The summed E-state index contributed by atoms with van der Waals surface area (Å²) >= 11 is 4.06. The third-order valence-corrected chi connectivity index (χ3v) is 5.19. The summed E-state index contributed by atoms with van der Waals surface area (Å²) in [6.45, 7) is 4.20. The highest BCUT2D eigenvalue weighted by Crippen LogP contribution is 2.39. The van der Waals surface area contributed by atoms with Crippen LogP contribution < -0.4 is 5.32 Å². The second-order valence-electron chi connectivity index (χ2n) is 5.53. The Labute approximate surface area is 143 Å². The Morgan fingerprint density at radius 3 is 3.05 bits per heavy atom. The molecule has 1 aromatic carbocycles. The lowest BCUT2D eigenvalue weighted by atomic mass is 10.0. The molecule has 1 aromatic heterocycles. The first-order valence-electron chi connectivity index (χ1n) is 7.29. The number of halogens is 1. The number of benzene rings is 1. The number of aromatic nitrogens is 1. The van der Waals surface area contributed by atoms with Crippen molar-refractivity contribution >= 4 is 44.7 Å². The van der Waals surface area contributed by atoms with E-state index in [9.17, 15) is 0 Å². The predicted molar refractivity (Wildman–Crippen MR) is 96.5 cm³/mol. The molecule has 21 heavy (non-hydrogen) atoms. The van der Waals surface area contributed by atoms with Crippen LogP contribution >= 0.6 is 33.9 Å². The molecule has 2 aromatic rings. The first-order chi connectivity index (χ1) is 10.1. The zero-order chi connectivity index (χ0) is 14.8. The minimum Gasteiger partial charge on any atom is -0.370 e. The molecular weight excluding hydrogens is 395 g/mol. The van der Waals surface area contributed by atoms with Crippen LogP contribution in [0.25, 0.3) is 0 Å². The molecule has 1 heterocycles. The van der Waals surface area contributed by atoms with E-state index in [2.05, 4.69) is 66.0 Å². The number of hydrogen-bond donors (Lipinski definition) is 1. The zero-order valence-electron chi connectivity index (χ0n) is 12.2. The third kappa shape index (κ3) is 3.76. The van der Waals surface area contributed by atoms with E-state index in [0.29, 0.717) is 0 Å². The first-order valence-corrected chi connectivity index (χ1v) is 9.19. The van der Waals surface area contributed by atoms with Crippen molar-refractivity contribution in [2.24, 2.45) is 0 Å². The van der Waals surface area contributed by atoms with Gasteiger partial charge >= 0.3 is 0 Å². The molecule has 0 aliphatic heterocycles. The topological polar surface area (TPSA) is 34.1 Å². The maximum absolute atomic E-state index is 6.04. The molecule has 1 N–H and O–H groups in total. The number of anilines is 2. The fourth-order valence-corrected chi connectivity index (χ4v) is 4.23. The molecule has 1 unspecified atom stereocenters. The summed E-state index contributed by atoms with van der Waals surface area (Å²) in [7, 11) is 0. The molecule has 0 bridgehead atoms. The molecule has 0 spiro atoms. The maximum atomic E-state index is 6.04. The van der Waals surface area contributed by atoms with Crippen molar-refractivity contribution < 1.29 is 4.74 Å². The van der Waals surface area contributed by atoms with E-state index >= 15 is 0 Å². The van der Waals surface area contributed by atoms with Crippen LogP contribution in [0, 0.1) is 3.57 Å². The Hall–Kier alpha value is -0.660. The Balaban J connectivity index is 1.81. The molecule has 1 aliphatic rings.